The lowest BCUT2D eigenvalue weighted by Gasteiger charge is -2.34. The van der Waals surface area contributed by atoms with Crippen LogP contribution >= 0.6 is 0 Å². The number of aromatic nitrogens is 2. The van der Waals surface area contributed by atoms with Crippen molar-refractivity contribution in [3.63, 3.8) is 0 Å². The first-order chi connectivity index (χ1) is 12.6. The molecule has 3 rings (SSSR count). The molecule has 26 heavy (non-hydrogen) atoms. The number of hydrogen-bond acceptors (Lipinski definition) is 6. The number of piperazine rings is 1. The predicted octanol–water partition coefficient (Wildman–Crippen LogP) is 1.88. The summed E-state index contributed by atoms with van der Waals surface area (Å²) in [7, 11) is 0. The Morgan fingerprint density at radius 2 is 1.77 bits per heavy atom. The fourth-order valence-electron chi connectivity index (χ4n) is 2.69. The molecule has 0 aliphatic carbocycles. The summed E-state index contributed by atoms with van der Waals surface area (Å²) in [5.41, 5.74) is 0.450. The number of nitrogens with one attached hydrogen (secondary N) is 1. The maximum atomic E-state index is 12.6. The van der Waals surface area contributed by atoms with E-state index in [1.54, 1.807) is 34.3 Å². The number of furan rings is 1. The normalized spacial score (nSPS) is 15.6. The molecule has 0 spiro atoms. The number of anilines is 1. The van der Waals surface area contributed by atoms with Gasteiger partial charge in [0, 0.05) is 44.6 Å². The van der Waals surface area contributed by atoms with E-state index >= 15 is 0 Å². The second kappa shape index (κ2) is 7.99. The van der Waals surface area contributed by atoms with Crippen molar-refractivity contribution < 1.29 is 14.0 Å². The number of nitrogens with zero attached hydrogens (tertiary/aromatic N) is 4. The number of rotatable bonds is 5. The van der Waals surface area contributed by atoms with E-state index in [1.807, 2.05) is 6.92 Å². The van der Waals surface area contributed by atoms with E-state index in [0.29, 0.717) is 43.5 Å². The van der Waals surface area contributed by atoms with Gasteiger partial charge in [-0.25, -0.2) is 9.97 Å². The van der Waals surface area contributed by atoms with Crippen LogP contribution in [0.1, 0.15) is 41.2 Å². The second-order valence-corrected chi connectivity index (χ2v) is 6.31. The van der Waals surface area contributed by atoms with Crippen molar-refractivity contribution in [3.8, 4) is 0 Å². The number of carbonyl (C=O) groups is 2. The molecule has 1 N–H and O–H groups in total. The van der Waals surface area contributed by atoms with Gasteiger partial charge in [-0.15, -0.1) is 0 Å². The molecular weight excluding hydrogens is 334 g/mol. The first kappa shape index (κ1) is 17.9. The summed E-state index contributed by atoms with van der Waals surface area (Å²) in [5.74, 6) is 0.573. The van der Waals surface area contributed by atoms with Crippen LogP contribution in [-0.4, -0.2) is 63.8 Å². The summed E-state index contributed by atoms with van der Waals surface area (Å²) < 4.78 is 5.14. The third-order valence-electron chi connectivity index (χ3n) is 4.47. The van der Waals surface area contributed by atoms with Crippen LogP contribution < -0.4 is 5.32 Å². The number of carbonyl (C=O) groups excluding carboxylic acids is 2. The molecular formula is C18H23N5O3. The molecule has 1 aliphatic rings. The summed E-state index contributed by atoms with van der Waals surface area (Å²) >= 11 is 0. The predicted molar refractivity (Wildman–Crippen MR) is 95.9 cm³/mol. The monoisotopic (exact) mass is 357 g/mol. The van der Waals surface area contributed by atoms with Gasteiger partial charge in [0.1, 0.15) is 0 Å². The average molecular weight is 357 g/mol. The quantitative estimate of drug-likeness (QED) is 0.878. The van der Waals surface area contributed by atoms with Crippen LogP contribution in [0.5, 0.6) is 0 Å². The van der Waals surface area contributed by atoms with Gasteiger partial charge in [0.05, 0.1) is 11.8 Å². The van der Waals surface area contributed by atoms with E-state index in [9.17, 15) is 9.59 Å². The lowest BCUT2D eigenvalue weighted by Crippen LogP contribution is -2.50. The molecule has 0 aromatic carbocycles. The molecule has 1 aliphatic heterocycles. The first-order valence-electron chi connectivity index (χ1n) is 8.79. The van der Waals surface area contributed by atoms with Crippen LogP contribution in [0.15, 0.2) is 35.2 Å². The van der Waals surface area contributed by atoms with Gasteiger partial charge >= 0.3 is 0 Å². The largest absolute Gasteiger partial charge is 0.459 e. The Balaban J connectivity index is 1.55. The zero-order valence-corrected chi connectivity index (χ0v) is 15.0. The van der Waals surface area contributed by atoms with E-state index in [4.69, 9.17) is 4.42 Å². The van der Waals surface area contributed by atoms with Crippen molar-refractivity contribution >= 4 is 17.8 Å². The van der Waals surface area contributed by atoms with Crippen molar-refractivity contribution in [2.24, 2.45) is 0 Å². The third kappa shape index (κ3) is 4.01. The van der Waals surface area contributed by atoms with Crippen molar-refractivity contribution in [1.82, 2.24) is 19.8 Å². The van der Waals surface area contributed by atoms with Gasteiger partial charge < -0.3 is 19.5 Å². The zero-order valence-electron chi connectivity index (χ0n) is 15.0. The molecule has 2 amide bonds. The highest BCUT2D eigenvalue weighted by molar-refractivity contribution is 5.94. The van der Waals surface area contributed by atoms with Crippen molar-refractivity contribution in [2.45, 2.75) is 26.3 Å². The molecule has 0 radical (unpaired) electrons. The molecule has 2 aromatic rings. The standard InChI is InChI=1S/C18H23N5O3/c1-3-13(2)21-18-19-11-14(12-20-18)16(24)22-6-8-23(9-7-22)17(25)15-5-4-10-26-15/h4-5,10-13H,3,6-9H2,1-2H3,(H,19,20,21). The van der Waals surface area contributed by atoms with Crippen molar-refractivity contribution in [1.29, 1.82) is 0 Å². The first-order valence-corrected chi connectivity index (χ1v) is 8.79. The fourth-order valence-corrected chi connectivity index (χ4v) is 2.69. The summed E-state index contributed by atoms with van der Waals surface area (Å²) in [5, 5.41) is 3.17. The third-order valence-corrected chi connectivity index (χ3v) is 4.47. The highest BCUT2D eigenvalue weighted by atomic mass is 16.3. The molecule has 138 valence electrons. The maximum absolute atomic E-state index is 12.6. The summed E-state index contributed by atoms with van der Waals surface area (Å²) in [6.07, 6.45) is 5.53. The maximum Gasteiger partial charge on any atom is 0.289 e. The number of amides is 2. The van der Waals surface area contributed by atoms with Crippen LogP contribution in [0.25, 0.3) is 0 Å². The van der Waals surface area contributed by atoms with Gasteiger partial charge in [-0.05, 0) is 25.5 Å². The molecule has 1 fully saturated rings. The molecule has 3 heterocycles. The Morgan fingerprint density at radius 1 is 1.15 bits per heavy atom. The SMILES string of the molecule is CCC(C)Nc1ncc(C(=O)N2CCN(C(=O)c3ccco3)CC2)cn1. The van der Waals surface area contributed by atoms with E-state index in [0.717, 1.165) is 6.42 Å². The minimum atomic E-state index is -0.147. The van der Waals surface area contributed by atoms with E-state index in [-0.39, 0.29) is 17.9 Å². The van der Waals surface area contributed by atoms with Gasteiger partial charge in [-0.1, -0.05) is 6.92 Å². The van der Waals surface area contributed by atoms with Crippen LogP contribution in [0.4, 0.5) is 5.95 Å². The molecule has 1 unspecified atom stereocenters. The molecule has 1 saturated heterocycles. The summed E-state index contributed by atoms with van der Waals surface area (Å²) in [4.78, 5) is 36.7. The van der Waals surface area contributed by atoms with Crippen LogP contribution in [0.2, 0.25) is 0 Å². The van der Waals surface area contributed by atoms with Crippen LogP contribution in [0, 0.1) is 0 Å². The molecule has 0 saturated carbocycles. The number of hydrogen-bond donors (Lipinski definition) is 1. The Morgan fingerprint density at radius 3 is 2.31 bits per heavy atom. The molecule has 0 bridgehead atoms. The summed E-state index contributed by atoms with van der Waals surface area (Å²) in [6, 6.07) is 3.61. The minimum absolute atomic E-state index is 0.120. The van der Waals surface area contributed by atoms with Crippen LogP contribution in [0.3, 0.4) is 0 Å². The van der Waals surface area contributed by atoms with Crippen LogP contribution in [-0.2, 0) is 0 Å². The van der Waals surface area contributed by atoms with Crippen molar-refractivity contribution in [3.05, 3.63) is 42.1 Å². The summed E-state index contributed by atoms with van der Waals surface area (Å²) in [6.45, 7) is 6.01. The average Bonchev–Trinajstić information content (AvgIpc) is 3.22. The topological polar surface area (TPSA) is 91.6 Å². The molecule has 8 nitrogen and oxygen atoms in total. The van der Waals surface area contributed by atoms with E-state index < -0.39 is 0 Å². The van der Waals surface area contributed by atoms with Crippen molar-refractivity contribution in [2.75, 3.05) is 31.5 Å². The second-order valence-electron chi connectivity index (χ2n) is 6.31. The Bertz CT molecular complexity index is 737. The van der Waals surface area contributed by atoms with E-state index in [2.05, 4.69) is 22.2 Å². The fraction of sp³-hybridized carbons (Fsp3) is 0.444. The molecule has 1 atom stereocenters. The molecule has 8 heteroatoms. The minimum Gasteiger partial charge on any atom is -0.459 e. The van der Waals surface area contributed by atoms with Gasteiger partial charge in [-0.2, -0.15) is 0 Å². The Kier molecular flexibility index (Phi) is 5.50. The Labute approximate surface area is 152 Å². The highest BCUT2D eigenvalue weighted by Crippen LogP contribution is 2.12. The zero-order chi connectivity index (χ0) is 18.5. The Hall–Kier alpha value is -2.90. The van der Waals surface area contributed by atoms with E-state index in [1.165, 1.54) is 6.26 Å². The van der Waals surface area contributed by atoms with Gasteiger partial charge in [0.25, 0.3) is 11.8 Å². The lowest BCUT2D eigenvalue weighted by molar-refractivity contribution is 0.0517. The van der Waals surface area contributed by atoms with Gasteiger partial charge in [-0.3, -0.25) is 9.59 Å². The molecule has 2 aromatic heterocycles. The van der Waals surface area contributed by atoms with Gasteiger partial charge in [0.15, 0.2) is 5.76 Å². The van der Waals surface area contributed by atoms with Gasteiger partial charge in [0.2, 0.25) is 5.95 Å². The smallest absolute Gasteiger partial charge is 0.289 e. The lowest BCUT2D eigenvalue weighted by atomic mass is 10.2. The highest BCUT2D eigenvalue weighted by Gasteiger charge is 2.26.